The number of nitrogens with zero attached hydrogens (tertiary/aromatic N) is 4. The van der Waals surface area contributed by atoms with E-state index in [-0.39, 0.29) is 12.5 Å². The maximum atomic E-state index is 12.3. The fourth-order valence-electron chi connectivity index (χ4n) is 3.14. The zero-order chi connectivity index (χ0) is 17.9. The summed E-state index contributed by atoms with van der Waals surface area (Å²) in [4.78, 5) is 13.5. The first-order chi connectivity index (χ1) is 12.7. The van der Waals surface area contributed by atoms with Crippen molar-refractivity contribution in [1.82, 2.24) is 20.2 Å². The first-order valence-electron chi connectivity index (χ1n) is 8.55. The lowest BCUT2D eigenvalue weighted by atomic mass is 10.1. The summed E-state index contributed by atoms with van der Waals surface area (Å²) >= 11 is 0. The molecule has 1 aliphatic rings. The highest BCUT2D eigenvalue weighted by Crippen LogP contribution is 2.25. The molecular formula is C19H19N5O2. The number of benzene rings is 2. The van der Waals surface area contributed by atoms with Gasteiger partial charge in [-0.25, -0.2) is 0 Å². The van der Waals surface area contributed by atoms with E-state index in [1.807, 2.05) is 30.3 Å². The predicted octanol–water partition coefficient (Wildman–Crippen LogP) is 2.48. The Morgan fingerprint density at radius 2 is 1.96 bits per heavy atom. The van der Waals surface area contributed by atoms with Gasteiger partial charge in [0.25, 0.3) is 0 Å². The summed E-state index contributed by atoms with van der Waals surface area (Å²) in [6.07, 6.45) is 3.39. The van der Waals surface area contributed by atoms with Crippen LogP contribution in [0.4, 0.5) is 5.69 Å². The van der Waals surface area contributed by atoms with Gasteiger partial charge in [0.05, 0.1) is 7.11 Å². The van der Waals surface area contributed by atoms with Crippen LogP contribution in [0, 0.1) is 0 Å². The zero-order valence-electron chi connectivity index (χ0n) is 14.5. The van der Waals surface area contributed by atoms with Crippen molar-refractivity contribution in [2.75, 3.05) is 12.4 Å². The van der Waals surface area contributed by atoms with Crippen LogP contribution in [0.15, 0.2) is 42.5 Å². The van der Waals surface area contributed by atoms with Gasteiger partial charge in [0, 0.05) is 11.3 Å². The summed E-state index contributed by atoms with van der Waals surface area (Å²) in [5.74, 6) is 1.05. The summed E-state index contributed by atoms with van der Waals surface area (Å²) in [5, 5.41) is 15.1. The number of anilines is 1. The molecule has 1 aliphatic carbocycles. The van der Waals surface area contributed by atoms with Crippen molar-refractivity contribution in [3.05, 3.63) is 53.6 Å². The third-order valence-corrected chi connectivity index (χ3v) is 4.47. The Hall–Kier alpha value is -3.22. The summed E-state index contributed by atoms with van der Waals surface area (Å²) in [5.41, 5.74) is 4.33. The van der Waals surface area contributed by atoms with E-state index in [1.54, 1.807) is 7.11 Å². The van der Waals surface area contributed by atoms with Crippen molar-refractivity contribution in [2.24, 2.45) is 0 Å². The highest BCUT2D eigenvalue weighted by Gasteiger charge is 2.13. The fraction of sp³-hybridized carbons (Fsp3) is 0.263. The Kier molecular flexibility index (Phi) is 4.35. The van der Waals surface area contributed by atoms with Gasteiger partial charge in [-0.3, -0.25) is 4.79 Å². The van der Waals surface area contributed by atoms with E-state index in [4.69, 9.17) is 4.74 Å². The minimum absolute atomic E-state index is 0.0141. The van der Waals surface area contributed by atoms with Gasteiger partial charge in [0.2, 0.25) is 11.7 Å². The standard InChI is InChI=1S/C19H19N5O2/c1-26-17-9-6-14(7-10-17)19-21-23-24(22-19)12-18(25)20-16-8-5-13-3-2-4-15(13)11-16/h5-11H,2-4,12H2,1H3,(H,20,25). The van der Waals surface area contributed by atoms with Gasteiger partial charge in [0.15, 0.2) is 0 Å². The van der Waals surface area contributed by atoms with Crippen molar-refractivity contribution < 1.29 is 9.53 Å². The second kappa shape index (κ2) is 6.95. The van der Waals surface area contributed by atoms with Crippen molar-refractivity contribution in [3.63, 3.8) is 0 Å². The number of hydrogen-bond donors (Lipinski definition) is 1. The molecule has 1 aromatic heterocycles. The highest BCUT2D eigenvalue weighted by molar-refractivity contribution is 5.90. The summed E-state index contributed by atoms with van der Waals surface area (Å²) in [7, 11) is 1.61. The Labute approximate surface area is 151 Å². The highest BCUT2D eigenvalue weighted by atomic mass is 16.5. The Morgan fingerprint density at radius 1 is 1.15 bits per heavy atom. The first kappa shape index (κ1) is 16.3. The molecular weight excluding hydrogens is 330 g/mol. The van der Waals surface area contributed by atoms with Crippen molar-refractivity contribution in [2.45, 2.75) is 25.8 Å². The minimum atomic E-state index is -0.179. The molecule has 0 unspecified atom stereocenters. The Balaban J connectivity index is 1.41. The van der Waals surface area contributed by atoms with Crippen LogP contribution < -0.4 is 10.1 Å². The van der Waals surface area contributed by atoms with Crippen LogP contribution in [0.1, 0.15) is 17.5 Å². The average Bonchev–Trinajstić information content (AvgIpc) is 3.30. The monoisotopic (exact) mass is 349 g/mol. The van der Waals surface area contributed by atoms with Crippen LogP contribution in [-0.4, -0.2) is 33.2 Å². The number of carbonyl (C=O) groups is 1. The van der Waals surface area contributed by atoms with Crippen LogP contribution in [0.3, 0.4) is 0 Å². The number of nitrogens with one attached hydrogen (secondary N) is 1. The van der Waals surface area contributed by atoms with Gasteiger partial charge < -0.3 is 10.1 Å². The lowest BCUT2D eigenvalue weighted by molar-refractivity contribution is -0.117. The number of amides is 1. The van der Waals surface area contributed by atoms with E-state index in [9.17, 15) is 4.79 Å². The van der Waals surface area contributed by atoms with Crippen molar-refractivity contribution >= 4 is 11.6 Å². The molecule has 2 aromatic carbocycles. The largest absolute Gasteiger partial charge is 0.497 e. The molecule has 1 heterocycles. The number of aromatic nitrogens is 4. The van der Waals surface area contributed by atoms with Crippen LogP contribution in [0.25, 0.3) is 11.4 Å². The molecule has 0 radical (unpaired) electrons. The topological polar surface area (TPSA) is 81.9 Å². The number of tetrazole rings is 1. The van der Waals surface area contributed by atoms with Gasteiger partial charge >= 0.3 is 0 Å². The number of aryl methyl sites for hydroxylation is 2. The molecule has 3 aromatic rings. The molecule has 1 amide bonds. The number of hydrogen-bond acceptors (Lipinski definition) is 5. The fourth-order valence-corrected chi connectivity index (χ4v) is 3.14. The maximum absolute atomic E-state index is 12.3. The predicted molar refractivity (Wildman–Crippen MR) is 96.9 cm³/mol. The molecule has 4 rings (SSSR count). The van der Waals surface area contributed by atoms with Crippen molar-refractivity contribution in [3.8, 4) is 17.1 Å². The SMILES string of the molecule is COc1ccc(-c2nnn(CC(=O)Nc3ccc4c(c3)CCC4)n2)cc1. The molecule has 0 spiro atoms. The second-order valence-electron chi connectivity index (χ2n) is 6.26. The van der Waals surface area contributed by atoms with Gasteiger partial charge in [-0.1, -0.05) is 6.07 Å². The Morgan fingerprint density at radius 3 is 2.77 bits per heavy atom. The summed E-state index contributed by atoms with van der Waals surface area (Å²) in [6.45, 7) is 0.0141. The van der Waals surface area contributed by atoms with E-state index >= 15 is 0 Å². The maximum Gasteiger partial charge on any atom is 0.248 e. The molecule has 1 N–H and O–H groups in total. The number of rotatable bonds is 5. The zero-order valence-corrected chi connectivity index (χ0v) is 14.5. The van der Waals surface area contributed by atoms with E-state index in [0.717, 1.165) is 29.8 Å². The molecule has 0 fully saturated rings. The smallest absolute Gasteiger partial charge is 0.248 e. The number of ether oxygens (including phenoxy) is 1. The van der Waals surface area contributed by atoms with Gasteiger partial charge in [0.1, 0.15) is 12.3 Å². The summed E-state index contributed by atoms with van der Waals surface area (Å²) in [6, 6.07) is 13.5. The molecule has 26 heavy (non-hydrogen) atoms. The van der Waals surface area contributed by atoms with E-state index < -0.39 is 0 Å². The molecule has 0 saturated carbocycles. The van der Waals surface area contributed by atoms with Crippen LogP contribution >= 0.6 is 0 Å². The Bertz CT molecular complexity index is 933. The molecule has 7 heteroatoms. The van der Waals surface area contributed by atoms with Crippen LogP contribution in [-0.2, 0) is 24.2 Å². The van der Waals surface area contributed by atoms with Gasteiger partial charge in [-0.05, 0) is 72.0 Å². The van der Waals surface area contributed by atoms with E-state index in [2.05, 4.69) is 32.9 Å². The molecule has 7 nitrogen and oxygen atoms in total. The number of carbonyl (C=O) groups excluding carboxylic acids is 1. The molecule has 132 valence electrons. The lowest BCUT2D eigenvalue weighted by Gasteiger charge is -2.07. The number of fused-ring (bicyclic) bond motifs is 1. The van der Waals surface area contributed by atoms with E-state index in [1.165, 1.54) is 22.3 Å². The summed E-state index contributed by atoms with van der Waals surface area (Å²) < 4.78 is 5.13. The van der Waals surface area contributed by atoms with Crippen molar-refractivity contribution in [1.29, 1.82) is 0 Å². The van der Waals surface area contributed by atoms with E-state index in [0.29, 0.717) is 5.82 Å². The molecule has 0 aliphatic heterocycles. The van der Waals surface area contributed by atoms with Gasteiger partial charge in [-0.2, -0.15) is 4.80 Å². The lowest BCUT2D eigenvalue weighted by Crippen LogP contribution is -2.20. The third kappa shape index (κ3) is 3.42. The normalized spacial score (nSPS) is 12.7. The average molecular weight is 349 g/mol. The minimum Gasteiger partial charge on any atom is -0.497 e. The number of methoxy groups -OCH3 is 1. The molecule has 0 bridgehead atoms. The molecule has 0 atom stereocenters. The van der Waals surface area contributed by atoms with Crippen LogP contribution in [0.2, 0.25) is 0 Å². The quantitative estimate of drug-likeness (QED) is 0.765. The first-order valence-corrected chi connectivity index (χ1v) is 8.55. The van der Waals surface area contributed by atoms with Crippen LogP contribution in [0.5, 0.6) is 5.75 Å². The second-order valence-corrected chi connectivity index (χ2v) is 6.26. The third-order valence-electron chi connectivity index (χ3n) is 4.47. The van der Waals surface area contributed by atoms with Gasteiger partial charge in [-0.15, -0.1) is 10.2 Å². The molecule has 0 saturated heterocycles.